The first-order valence-corrected chi connectivity index (χ1v) is 6.20. The molecule has 1 aliphatic rings. The highest BCUT2D eigenvalue weighted by Crippen LogP contribution is 2.33. The molecule has 1 fully saturated rings. The van der Waals surface area contributed by atoms with E-state index in [0.29, 0.717) is 12.5 Å². The fourth-order valence-corrected chi connectivity index (χ4v) is 3.05. The van der Waals surface area contributed by atoms with Crippen molar-refractivity contribution in [1.29, 1.82) is 0 Å². The quantitative estimate of drug-likeness (QED) is 0.828. The molecule has 0 aromatic carbocycles. The molecule has 0 spiro atoms. The van der Waals surface area contributed by atoms with Gasteiger partial charge in [-0.2, -0.15) is 11.8 Å². The molecule has 78 valence electrons. The van der Waals surface area contributed by atoms with Gasteiger partial charge in [-0.15, -0.1) is 0 Å². The summed E-state index contributed by atoms with van der Waals surface area (Å²) in [6.07, 6.45) is 1.99. The van der Waals surface area contributed by atoms with Crippen LogP contribution in [0.1, 0.15) is 29.7 Å². The topological polar surface area (TPSA) is 52.0 Å². The Kier molecular flexibility index (Phi) is 3.13. The Balaban J connectivity index is 2.15. The molecular weight excluding hydrogens is 196 g/mol. The van der Waals surface area contributed by atoms with E-state index in [2.05, 4.69) is 4.98 Å². The average Bonchev–Trinajstić information content (AvgIpc) is 2.74. The van der Waals surface area contributed by atoms with Crippen LogP contribution in [0.2, 0.25) is 0 Å². The van der Waals surface area contributed by atoms with E-state index in [1.807, 2.05) is 18.7 Å². The first kappa shape index (κ1) is 10.1. The summed E-state index contributed by atoms with van der Waals surface area (Å²) in [5.74, 6) is 4.84. The summed E-state index contributed by atoms with van der Waals surface area (Å²) in [6, 6.07) is 0. The Hall–Kier alpha value is -0.480. The van der Waals surface area contributed by atoms with Crippen LogP contribution in [0.5, 0.6) is 0 Å². The van der Waals surface area contributed by atoms with Gasteiger partial charge in [0.25, 0.3) is 0 Å². The predicted molar refractivity (Wildman–Crippen MR) is 58.7 cm³/mol. The van der Waals surface area contributed by atoms with Gasteiger partial charge in [-0.05, 0) is 19.1 Å². The van der Waals surface area contributed by atoms with Gasteiger partial charge >= 0.3 is 0 Å². The fourth-order valence-electron chi connectivity index (χ4n) is 1.82. The van der Waals surface area contributed by atoms with E-state index < -0.39 is 0 Å². The second-order valence-corrected chi connectivity index (χ2v) is 4.80. The number of thioether (sulfide) groups is 1. The van der Waals surface area contributed by atoms with Crippen molar-refractivity contribution in [3.63, 3.8) is 0 Å². The lowest BCUT2D eigenvalue weighted by Gasteiger charge is -2.02. The minimum absolute atomic E-state index is 0.607. The maximum absolute atomic E-state index is 5.57. The van der Waals surface area contributed by atoms with Crippen LogP contribution in [0.15, 0.2) is 4.42 Å². The van der Waals surface area contributed by atoms with Crippen molar-refractivity contribution < 1.29 is 4.42 Å². The highest BCUT2D eigenvalue weighted by molar-refractivity contribution is 7.99. The number of nitrogens with two attached hydrogens (primary N) is 1. The second-order valence-electron chi connectivity index (χ2n) is 3.65. The van der Waals surface area contributed by atoms with Crippen molar-refractivity contribution in [2.24, 2.45) is 5.73 Å². The van der Waals surface area contributed by atoms with Gasteiger partial charge < -0.3 is 10.2 Å². The largest absolute Gasteiger partial charge is 0.446 e. The highest BCUT2D eigenvalue weighted by atomic mass is 32.2. The number of rotatable bonds is 3. The first-order chi connectivity index (χ1) is 6.81. The molecule has 14 heavy (non-hydrogen) atoms. The monoisotopic (exact) mass is 212 g/mol. The van der Waals surface area contributed by atoms with Crippen molar-refractivity contribution in [2.45, 2.75) is 25.7 Å². The summed E-state index contributed by atoms with van der Waals surface area (Å²) in [6.45, 7) is 2.62. The van der Waals surface area contributed by atoms with E-state index in [-0.39, 0.29) is 0 Å². The van der Waals surface area contributed by atoms with Crippen LogP contribution in [0, 0.1) is 6.92 Å². The van der Waals surface area contributed by atoms with Crippen molar-refractivity contribution in [2.75, 3.05) is 18.1 Å². The molecule has 2 rings (SSSR count). The third-order valence-electron chi connectivity index (χ3n) is 2.55. The number of hydrogen-bond acceptors (Lipinski definition) is 4. The first-order valence-electron chi connectivity index (χ1n) is 5.05. The number of aryl methyl sites for hydroxylation is 1. The van der Waals surface area contributed by atoms with Gasteiger partial charge in [0, 0.05) is 24.6 Å². The maximum Gasteiger partial charge on any atom is 0.195 e. The lowest BCUT2D eigenvalue weighted by atomic mass is 10.0. The summed E-state index contributed by atoms with van der Waals surface area (Å²) in [7, 11) is 0. The van der Waals surface area contributed by atoms with Crippen molar-refractivity contribution in [3.05, 3.63) is 17.3 Å². The van der Waals surface area contributed by atoms with Crippen LogP contribution in [0.25, 0.3) is 0 Å². The number of hydrogen-bond donors (Lipinski definition) is 1. The SMILES string of the molecule is Cc1oc(CCN)nc1C1CCSC1. The van der Waals surface area contributed by atoms with Crippen LogP contribution in [0.4, 0.5) is 0 Å². The van der Waals surface area contributed by atoms with Gasteiger partial charge in [-0.1, -0.05) is 0 Å². The Labute approximate surface area is 88.5 Å². The molecule has 1 aliphatic heterocycles. The summed E-state index contributed by atoms with van der Waals surface area (Å²) in [5, 5.41) is 0. The maximum atomic E-state index is 5.57. The Morgan fingerprint density at radius 3 is 3.14 bits per heavy atom. The molecule has 1 aromatic rings. The molecule has 4 heteroatoms. The van der Waals surface area contributed by atoms with Gasteiger partial charge in [0.15, 0.2) is 5.89 Å². The van der Waals surface area contributed by atoms with Gasteiger partial charge in [0.1, 0.15) is 5.76 Å². The molecule has 0 bridgehead atoms. The molecule has 3 nitrogen and oxygen atoms in total. The van der Waals surface area contributed by atoms with Crippen molar-refractivity contribution in [1.82, 2.24) is 4.98 Å². The van der Waals surface area contributed by atoms with Gasteiger partial charge in [0.2, 0.25) is 0 Å². The smallest absolute Gasteiger partial charge is 0.195 e. The summed E-state index contributed by atoms with van der Waals surface area (Å²) in [4.78, 5) is 4.52. The summed E-state index contributed by atoms with van der Waals surface area (Å²) in [5.41, 5.74) is 6.63. The fraction of sp³-hybridized carbons (Fsp3) is 0.700. The molecule has 1 unspecified atom stereocenters. The minimum Gasteiger partial charge on any atom is -0.446 e. The van der Waals surface area contributed by atoms with Crippen molar-refractivity contribution >= 4 is 11.8 Å². The summed E-state index contributed by atoms with van der Waals surface area (Å²) < 4.78 is 5.57. The molecule has 0 aliphatic carbocycles. The minimum atomic E-state index is 0.607. The Morgan fingerprint density at radius 2 is 2.50 bits per heavy atom. The third-order valence-corrected chi connectivity index (χ3v) is 3.71. The lowest BCUT2D eigenvalue weighted by Crippen LogP contribution is -2.03. The predicted octanol–water partition coefficient (Wildman–Crippen LogP) is 1.70. The van der Waals surface area contributed by atoms with Gasteiger partial charge in [0.05, 0.1) is 5.69 Å². The van der Waals surface area contributed by atoms with Gasteiger partial charge in [-0.25, -0.2) is 4.98 Å². The average molecular weight is 212 g/mol. The standard InChI is InChI=1S/C10H16N2OS/c1-7-10(8-3-5-14-6-8)12-9(13-7)2-4-11/h8H,2-6,11H2,1H3. The van der Waals surface area contributed by atoms with Crippen LogP contribution in [-0.4, -0.2) is 23.0 Å². The molecule has 1 saturated heterocycles. The molecule has 2 heterocycles. The van der Waals surface area contributed by atoms with Crippen LogP contribution < -0.4 is 5.73 Å². The number of nitrogens with zero attached hydrogens (tertiary/aromatic N) is 1. The van der Waals surface area contributed by atoms with E-state index in [9.17, 15) is 0 Å². The van der Waals surface area contributed by atoms with E-state index in [1.54, 1.807) is 0 Å². The van der Waals surface area contributed by atoms with E-state index in [1.165, 1.54) is 23.6 Å². The van der Waals surface area contributed by atoms with Crippen LogP contribution in [0.3, 0.4) is 0 Å². The Morgan fingerprint density at radius 1 is 1.64 bits per heavy atom. The van der Waals surface area contributed by atoms with Gasteiger partial charge in [-0.3, -0.25) is 0 Å². The second kappa shape index (κ2) is 4.36. The molecule has 1 atom stereocenters. The molecular formula is C10H16N2OS. The molecule has 0 saturated carbocycles. The Bertz CT molecular complexity index is 305. The van der Waals surface area contributed by atoms with Crippen LogP contribution >= 0.6 is 11.8 Å². The highest BCUT2D eigenvalue weighted by Gasteiger charge is 2.23. The number of aromatic nitrogens is 1. The van der Waals surface area contributed by atoms with E-state index in [4.69, 9.17) is 10.2 Å². The zero-order valence-corrected chi connectivity index (χ0v) is 9.27. The third kappa shape index (κ3) is 1.96. The van der Waals surface area contributed by atoms with E-state index >= 15 is 0 Å². The van der Waals surface area contributed by atoms with Crippen LogP contribution in [-0.2, 0) is 6.42 Å². The number of oxazole rings is 1. The molecule has 0 radical (unpaired) electrons. The molecule has 1 aromatic heterocycles. The van der Waals surface area contributed by atoms with Crippen molar-refractivity contribution in [3.8, 4) is 0 Å². The zero-order valence-electron chi connectivity index (χ0n) is 8.45. The molecule has 2 N–H and O–H groups in total. The van der Waals surface area contributed by atoms with E-state index in [0.717, 1.165) is 18.1 Å². The molecule has 0 amide bonds. The normalized spacial score (nSPS) is 21.7. The zero-order chi connectivity index (χ0) is 9.97. The summed E-state index contributed by atoms with van der Waals surface area (Å²) >= 11 is 2.00. The lowest BCUT2D eigenvalue weighted by molar-refractivity contribution is 0.470.